The highest BCUT2D eigenvalue weighted by Gasteiger charge is 2.19. The van der Waals surface area contributed by atoms with Crippen LogP contribution in [0.15, 0.2) is 17.1 Å². The average Bonchev–Trinajstić information content (AvgIpc) is 2.31. The molecule has 0 aromatic carbocycles. The van der Waals surface area contributed by atoms with E-state index in [2.05, 4.69) is 5.32 Å². The van der Waals surface area contributed by atoms with Crippen molar-refractivity contribution in [2.45, 2.75) is 45.9 Å². The summed E-state index contributed by atoms with van der Waals surface area (Å²) < 4.78 is 19.4. The zero-order chi connectivity index (χ0) is 17.1. The summed E-state index contributed by atoms with van der Waals surface area (Å²) in [5, 5.41) is 11.3. The maximum absolute atomic E-state index is 13.4. The molecule has 1 aromatic rings. The maximum Gasteiger partial charge on any atom is 0.407 e. The van der Waals surface area contributed by atoms with Crippen LogP contribution in [-0.4, -0.2) is 33.4 Å². The van der Waals surface area contributed by atoms with E-state index in [1.807, 2.05) is 0 Å². The van der Waals surface area contributed by atoms with Gasteiger partial charge in [-0.3, -0.25) is 4.79 Å². The van der Waals surface area contributed by atoms with Crippen LogP contribution in [0.5, 0.6) is 0 Å². The van der Waals surface area contributed by atoms with Crippen LogP contribution >= 0.6 is 0 Å². The highest BCUT2D eigenvalue weighted by Crippen LogP contribution is 2.07. The molecule has 1 heterocycles. The Hall–Kier alpha value is -2.38. The van der Waals surface area contributed by atoms with Gasteiger partial charge in [0, 0.05) is 18.8 Å². The number of nitrogens with zero attached hydrogens (tertiary/aromatic N) is 1. The molecule has 1 atom stereocenters. The van der Waals surface area contributed by atoms with Gasteiger partial charge in [-0.25, -0.2) is 14.0 Å². The average molecular weight is 314 g/mol. The Morgan fingerprint density at radius 3 is 2.55 bits per heavy atom. The van der Waals surface area contributed by atoms with Crippen LogP contribution in [-0.2, 0) is 11.3 Å². The van der Waals surface area contributed by atoms with Gasteiger partial charge in [0.25, 0.3) is 5.56 Å². The lowest BCUT2D eigenvalue weighted by atomic mass is 10.2. The van der Waals surface area contributed by atoms with E-state index in [9.17, 15) is 18.8 Å². The molecular formula is C14H19FN2O5. The minimum absolute atomic E-state index is 0.0872. The number of carboxylic acid groups (broad SMARTS) is 1. The highest BCUT2D eigenvalue weighted by molar-refractivity contribution is 5.87. The molecule has 8 heteroatoms. The van der Waals surface area contributed by atoms with Crippen molar-refractivity contribution in [3.05, 3.63) is 34.0 Å². The second kappa shape index (κ2) is 6.59. The van der Waals surface area contributed by atoms with E-state index < -0.39 is 35.1 Å². The predicted octanol–water partition coefficient (Wildman–Crippen LogP) is 1.60. The molecule has 7 nitrogen and oxygen atoms in total. The van der Waals surface area contributed by atoms with Crippen LogP contribution < -0.4 is 10.9 Å². The van der Waals surface area contributed by atoms with Gasteiger partial charge in [-0.15, -0.1) is 0 Å². The molecule has 0 unspecified atom stereocenters. The number of alkyl carbamates (subject to hydrolysis) is 1. The number of nitrogens with one attached hydrogen (secondary N) is 1. The molecule has 2 N–H and O–H groups in total. The lowest BCUT2D eigenvalue weighted by Crippen LogP contribution is -2.41. The van der Waals surface area contributed by atoms with E-state index >= 15 is 0 Å². The van der Waals surface area contributed by atoms with Crippen molar-refractivity contribution in [1.82, 2.24) is 9.88 Å². The third-order valence-corrected chi connectivity index (χ3v) is 2.52. The smallest absolute Gasteiger partial charge is 0.407 e. The quantitative estimate of drug-likeness (QED) is 0.879. The fourth-order valence-electron chi connectivity index (χ4n) is 1.70. The van der Waals surface area contributed by atoms with Gasteiger partial charge in [0.2, 0.25) is 0 Å². The molecule has 1 amide bonds. The van der Waals surface area contributed by atoms with E-state index in [1.165, 1.54) is 0 Å². The molecule has 1 aromatic heterocycles. The van der Waals surface area contributed by atoms with Crippen LogP contribution in [0.3, 0.4) is 0 Å². The molecule has 0 spiro atoms. The number of hydrogen-bond acceptors (Lipinski definition) is 4. The van der Waals surface area contributed by atoms with Crippen molar-refractivity contribution < 1.29 is 23.8 Å². The monoisotopic (exact) mass is 314 g/mol. The summed E-state index contributed by atoms with van der Waals surface area (Å²) in [6.45, 7) is 6.60. The summed E-state index contributed by atoms with van der Waals surface area (Å²) in [5.41, 5.74) is -1.97. The molecule has 0 aliphatic carbocycles. The summed E-state index contributed by atoms with van der Waals surface area (Å²) >= 11 is 0. The summed E-state index contributed by atoms with van der Waals surface area (Å²) in [7, 11) is 0. The zero-order valence-electron chi connectivity index (χ0n) is 12.8. The molecule has 0 bridgehead atoms. The maximum atomic E-state index is 13.4. The Morgan fingerprint density at radius 1 is 1.45 bits per heavy atom. The molecule has 0 aliphatic heterocycles. The van der Waals surface area contributed by atoms with Gasteiger partial charge in [0.1, 0.15) is 5.60 Å². The number of aromatic carboxylic acids is 1. The summed E-state index contributed by atoms with van der Waals surface area (Å²) in [4.78, 5) is 34.1. The molecule has 0 fully saturated rings. The van der Waals surface area contributed by atoms with Crippen LogP contribution in [0.1, 0.15) is 38.1 Å². The van der Waals surface area contributed by atoms with E-state index in [4.69, 9.17) is 9.84 Å². The van der Waals surface area contributed by atoms with Crippen LogP contribution in [0.4, 0.5) is 9.18 Å². The largest absolute Gasteiger partial charge is 0.478 e. The first-order chi connectivity index (χ1) is 9.99. The standard InChI is InChI=1S/C14H19FN2O5/c1-8(16-13(21)22-14(2,3)4)6-17-7-9(12(19)20)5-10(15)11(17)18/h5,7-8H,6H2,1-4H3,(H,16,21)(H,19,20)/t8-/m0/s1. The number of hydrogen-bond donors (Lipinski definition) is 2. The fraction of sp³-hybridized carbons (Fsp3) is 0.500. The lowest BCUT2D eigenvalue weighted by Gasteiger charge is -2.22. The third kappa shape index (κ3) is 5.19. The number of aromatic nitrogens is 1. The highest BCUT2D eigenvalue weighted by atomic mass is 19.1. The predicted molar refractivity (Wildman–Crippen MR) is 76.5 cm³/mol. The Bertz CT molecular complexity index is 633. The van der Waals surface area contributed by atoms with Gasteiger partial charge in [-0.2, -0.15) is 0 Å². The van der Waals surface area contributed by atoms with Crippen molar-refractivity contribution in [1.29, 1.82) is 0 Å². The topological polar surface area (TPSA) is 97.6 Å². The van der Waals surface area contributed by atoms with E-state index in [0.717, 1.165) is 10.8 Å². The van der Waals surface area contributed by atoms with Gasteiger partial charge < -0.3 is 19.7 Å². The van der Waals surface area contributed by atoms with Crippen molar-refractivity contribution in [2.24, 2.45) is 0 Å². The number of amides is 1. The number of carboxylic acids is 1. The normalized spacial score (nSPS) is 12.6. The second-order valence-electron chi connectivity index (χ2n) is 5.89. The first-order valence-corrected chi connectivity index (χ1v) is 6.62. The first kappa shape index (κ1) is 17.7. The van der Waals surface area contributed by atoms with Crippen LogP contribution in [0.2, 0.25) is 0 Å². The van der Waals surface area contributed by atoms with E-state index in [-0.39, 0.29) is 12.1 Å². The SMILES string of the molecule is C[C@@H](Cn1cc(C(=O)O)cc(F)c1=O)NC(=O)OC(C)(C)C. The fourth-order valence-corrected chi connectivity index (χ4v) is 1.70. The van der Waals surface area contributed by atoms with E-state index in [0.29, 0.717) is 6.07 Å². The van der Waals surface area contributed by atoms with Gasteiger partial charge in [0.15, 0.2) is 5.82 Å². The molecule has 0 saturated heterocycles. The molecule has 1 rings (SSSR count). The molecule has 22 heavy (non-hydrogen) atoms. The first-order valence-electron chi connectivity index (χ1n) is 6.62. The molecular weight excluding hydrogens is 295 g/mol. The molecule has 0 saturated carbocycles. The number of carbonyl (C=O) groups excluding carboxylic acids is 1. The minimum Gasteiger partial charge on any atom is -0.478 e. The van der Waals surface area contributed by atoms with Gasteiger partial charge in [0.05, 0.1) is 5.56 Å². The lowest BCUT2D eigenvalue weighted by molar-refractivity contribution is 0.0503. The second-order valence-corrected chi connectivity index (χ2v) is 5.89. The van der Waals surface area contributed by atoms with Crippen LogP contribution in [0, 0.1) is 5.82 Å². The number of pyridine rings is 1. The van der Waals surface area contributed by atoms with Gasteiger partial charge in [-0.1, -0.05) is 0 Å². The Labute approximate surface area is 126 Å². The van der Waals surface area contributed by atoms with Crippen molar-refractivity contribution in [3.63, 3.8) is 0 Å². The third-order valence-electron chi connectivity index (χ3n) is 2.52. The van der Waals surface area contributed by atoms with E-state index in [1.54, 1.807) is 27.7 Å². The molecule has 122 valence electrons. The van der Waals surface area contributed by atoms with Crippen LogP contribution in [0.25, 0.3) is 0 Å². The number of halogens is 1. The van der Waals surface area contributed by atoms with Crippen molar-refractivity contribution >= 4 is 12.1 Å². The van der Waals surface area contributed by atoms with Gasteiger partial charge in [-0.05, 0) is 33.8 Å². The molecule has 0 aliphatic rings. The molecule has 0 radical (unpaired) electrons. The summed E-state index contributed by atoms with van der Waals surface area (Å²) in [6.07, 6.45) is 0.351. The van der Waals surface area contributed by atoms with Gasteiger partial charge >= 0.3 is 12.1 Å². The number of carbonyl (C=O) groups is 2. The Balaban J connectivity index is 2.84. The van der Waals surface area contributed by atoms with Crippen molar-refractivity contribution in [2.75, 3.05) is 0 Å². The summed E-state index contributed by atoms with van der Waals surface area (Å²) in [5.74, 6) is -2.51. The number of rotatable bonds is 4. The summed E-state index contributed by atoms with van der Waals surface area (Å²) in [6, 6.07) is 0.101. The zero-order valence-corrected chi connectivity index (χ0v) is 12.8. The number of ether oxygens (including phenoxy) is 1. The Morgan fingerprint density at radius 2 is 2.05 bits per heavy atom. The van der Waals surface area contributed by atoms with Crippen molar-refractivity contribution in [3.8, 4) is 0 Å². The minimum atomic E-state index is -1.35. The Kier molecular flexibility index (Phi) is 5.29.